The minimum Gasteiger partial charge on any atom is -0.342 e. The minimum atomic E-state index is -0.512. The SMILES string of the molecule is CCCn1cc(Br)cc1C(=O)Nc1ccc(F)cc1C#N. The van der Waals surface area contributed by atoms with Crippen molar-refractivity contribution in [2.45, 2.75) is 19.9 Å². The Hall–Kier alpha value is -2.13. The number of hydrogen-bond donors (Lipinski definition) is 1. The topological polar surface area (TPSA) is 57.8 Å². The number of carbonyl (C=O) groups is 1. The first-order chi connectivity index (χ1) is 10.0. The third kappa shape index (κ3) is 3.50. The van der Waals surface area contributed by atoms with Gasteiger partial charge in [-0.1, -0.05) is 6.92 Å². The maximum atomic E-state index is 13.1. The molecule has 1 N–H and O–H groups in total. The second kappa shape index (κ2) is 6.55. The van der Waals surface area contributed by atoms with Gasteiger partial charge in [0.05, 0.1) is 11.3 Å². The van der Waals surface area contributed by atoms with E-state index in [0.29, 0.717) is 17.9 Å². The van der Waals surface area contributed by atoms with E-state index in [2.05, 4.69) is 21.2 Å². The van der Waals surface area contributed by atoms with Crippen LogP contribution in [0.1, 0.15) is 29.4 Å². The Kier molecular flexibility index (Phi) is 4.76. The molecule has 4 nitrogen and oxygen atoms in total. The molecule has 0 spiro atoms. The molecule has 21 heavy (non-hydrogen) atoms. The van der Waals surface area contributed by atoms with Crippen molar-refractivity contribution in [2.75, 3.05) is 5.32 Å². The Morgan fingerprint density at radius 1 is 1.48 bits per heavy atom. The van der Waals surface area contributed by atoms with Crippen molar-refractivity contribution in [3.05, 3.63) is 52.0 Å². The summed E-state index contributed by atoms with van der Waals surface area (Å²) >= 11 is 3.34. The first kappa shape index (κ1) is 15.3. The van der Waals surface area contributed by atoms with Gasteiger partial charge in [-0.25, -0.2) is 4.39 Å². The Labute approximate surface area is 130 Å². The molecule has 0 radical (unpaired) electrons. The molecule has 0 aliphatic carbocycles. The van der Waals surface area contributed by atoms with E-state index in [1.807, 2.05) is 23.8 Å². The lowest BCUT2D eigenvalue weighted by atomic mass is 10.2. The van der Waals surface area contributed by atoms with E-state index in [4.69, 9.17) is 5.26 Å². The normalized spacial score (nSPS) is 10.2. The van der Waals surface area contributed by atoms with Gasteiger partial charge < -0.3 is 9.88 Å². The Balaban J connectivity index is 2.28. The van der Waals surface area contributed by atoms with Crippen molar-refractivity contribution in [2.24, 2.45) is 0 Å². The highest BCUT2D eigenvalue weighted by Gasteiger charge is 2.14. The van der Waals surface area contributed by atoms with E-state index < -0.39 is 5.82 Å². The van der Waals surface area contributed by atoms with Gasteiger partial charge in [-0.15, -0.1) is 0 Å². The van der Waals surface area contributed by atoms with Crippen LogP contribution in [0.25, 0.3) is 0 Å². The van der Waals surface area contributed by atoms with Crippen LogP contribution >= 0.6 is 15.9 Å². The molecular formula is C15H13BrFN3O. The van der Waals surface area contributed by atoms with E-state index >= 15 is 0 Å². The lowest BCUT2D eigenvalue weighted by molar-refractivity contribution is 0.101. The smallest absolute Gasteiger partial charge is 0.272 e. The maximum Gasteiger partial charge on any atom is 0.272 e. The molecule has 0 saturated heterocycles. The zero-order valence-electron chi connectivity index (χ0n) is 11.4. The summed E-state index contributed by atoms with van der Waals surface area (Å²) in [5.74, 6) is -0.848. The summed E-state index contributed by atoms with van der Waals surface area (Å²) in [7, 11) is 0. The standard InChI is InChI=1S/C15H13BrFN3O/c1-2-5-20-9-11(16)7-14(20)15(21)19-13-4-3-12(17)6-10(13)8-18/h3-4,6-7,9H,2,5H2,1H3,(H,19,21). The molecule has 1 heterocycles. The van der Waals surface area contributed by atoms with Crippen LogP contribution in [-0.4, -0.2) is 10.5 Å². The van der Waals surface area contributed by atoms with Crippen LogP contribution in [0.15, 0.2) is 34.9 Å². The second-order valence-corrected chi connectivity index (χ2v) is 5.41. The van der Waals surface area contributed by atoms with Gasteiger partial charge in [0.25, 0.3) is 5.91 Å². The van der Waals surface area contributed by atoms with Crippen molar-refractivity contribution >= 4 is 27.5 Å². The first-order valence-corrected chi connectivity index (χ1v) is 7.21. The fourth-order valence-corrected chi connectivity index (χ4v) is 2.46. The molecule has 0 aliphatic heterocycles. The summed E-state index contributed by atoms with van der Waals surface area (Å²) < 4.78 is 15.7. The summed E-state index contributed by atoms with van der Waals surface area (Å²) in [6.45, 7) is 2.73. The number of aryl methyl sites for hydroxylation is 1. The number of nitriles is 1. The highest BCUT2D eigenvalue weighted by Crippen LogP contribution is 2.20. The van der Waals surface area contributed by atoms with Crippen molar-refractivity contribution in [1.82, 2.24) is 4.57 Å². The van der Waals surface area contributed by atoms with Gasteiger partial charge in [0, 0.05) is 17.2 Å². The summed E-state index contributed by atoms with van der Waals surface area (Å²) in [4.78, 5) is 12.3. The van der Waals surface area contributed by atoms with Gasteiger partial charge in [-0.05, 0) is 46.6 Å². The van der Waals surface area contributed by atoms with Gasteiger partial charge in [-0.3, -0.25) is 4.79 Å². The molecule has 0 atom stereocenters. The Morgan fingerprint density at radius 2 is 2.24 bits per heavy atom. The molecule has 0 unspecified atom stereocenters. The molecule has 2 aromatic rings. The van der Waals surface area contributed by atoms with E-state index in [9.17, 15) is 9.18 Å². The van der Waals surface area contributed by atoms with Gasteiger partial charge >= 0.3 is 0 Å². The maximum absolute atomic E-state index is 13.1. The molecule has 0 aliphatic rings. The van der Waals surface area contributed by atoms with Crippen LogP contribution in [0.3, 0.4) is 0 Å². The van der Waals surface area contributed by atoms with Crippen LogP contribution < -0.4 is 5.32 Å². The summed E-state index contributed by atoms with van der Waals surface area (Å²) in [5, 5.41) is 11.6. The van der Waals surface area contributed by atoms with Crippen LogP contribution in [0.2, 0.25) is 0 Å². The lowest BCUT2D eigenvalue weighted by Crippen LogP contribution is -2.17. The highest BCUT2D eigenvalue weighted by atomic mass is 79.9. The fourth-order valence-electron chi connectivity index (χ4n) is 2.00. The molecule has 0 saturated carbocycles. The second-order valence-electron chi connectivity index (χ2n) is 4.49. The average molecular weight is 350 g/mol. The van der Waals surface area contributed by atoms with E-state index in [0.717, 1.165) is 17.0 Å². The number of hydrogen-bond acceptors (Lipinski definition) is 2. The number of nitrogens with one attached hydrogen (secondary N) is 1. The molecule has 0 bridgehead atoms. The van der Waals surface area contributed by atoms with Gasteiger partial charge in [0.15, 0.2) is 0 Å². The molecule has 6 heteroatoms. The molecule has 108 valence electrons. The molecular weight excluding hydrogens is 337 g/mol. The van der Waals surface area contributed by atoms with E-state index in [-0.39, 0.29) is 11.5 Å². The number of anilines is 1. The number of amides is 1. The van der Waals surface area contributed by atoms with E-state index in [1.165, 1.54) is 12.1 Å². The molecule has 1 amide bonds. The number of rotatable bonds is 4. The minimum absolute atomic E-state index is 0.0935. The van der Waals surface area contributed by atoms with Crippen LogP contribution in [0.4, 0.5) is 10.1 Å². The predicted octanol–water partition coefficient (Wildman–Crippen LogP) is 3.92. The third-order valence-electron chi connectivity index (χ3n) is 2.91. The number of aromatic nitrogens is 1. The number of halogens is 2. The zero-order chi connectivity index (χ0) is 15.4. The summed E-state index contributed by atoms with van der Waals surface area (Å²) in [6.07, 6.45) is 2.72. The van der Waals surface area contributed by atoms with Crippen LogP contribution in [0.5, 0.6) is 0 Å². The Bertz CT molecular complexity index is 718. The van der Waals surface area contributed by atoms with Gasteiger partial charge in [0.1, 0.15) is 17.6 Å². The van der Waals surface area contributed by atoms with Crippen molar-refractivity contribution in [1.29, 1.82) is 5.26 Å². The Morgan fingerprint density at radius 3 is 2.90 bits per heavy atom. The third-order valence-corrected chi connectivity index (χ3v) is 3.34. The quantitative estimate of drug-likeness (QED) is 0.909. The summed E-state index contributed by atoms with van der Waals surface area (Å²) in [5.41, 5.74) is 0.872. The van der Waals surface area contributed by atoms with Crippen molar-refractivity contribution < 1.29 is 9.18 Å². The van der Waals surface area contributed by atoms with Gasteiger partial charge in [0.2, 0.25) is 0 Å². The fraction of sp³-hybridized carbons (Fsp3) is 0.200. The average Bonchev–Trinajstić information content (AvgIpc) is 2.82. The zero-order valence-corrected chi connectivity index (χ0v) is 12.9. The molecule has 1 aromatic carbocycles. The summed E-state index contributed by atoms with van der Waals surface area (Å²) in [6, 6.07) is 7.26. The monoisotopic (exact) mass is 349 g/mol. The number of carbonyl (C=O) groups excluding carboxylic acids is 1. The van der Waals surface area contributed by atoms with Crippen LogP contribution in [-0.2, 0) is 6.54 Å². The predicted molar refractivity (Wildman–Crippen MR) is 81.5 cm³/mol. The lowest BCUT2D eigenvalue weighted by Gasteiger charge is -2.09. The van der Waals surface area contributed by atoms with Crippen molar-refractivity contribution in [3.8, 4) is 6.07 Å². The molecule has 1 aromatic heterocycles. The number of benzene rings is 1. The number of nitrogens with zero attached hydrogens (tertiary/aromatic N) is 2. The molecule has 2 rings (SSSR count). The van der Waals surface area contributed by atoms with Crippen LogP contribution in [0, 0.1) is 17.1 Å². The van der Waals surface area contributed by atoms with Gasteiger partial charge in [-0.2, -0.15) is 5.26 Å². The van der Waals surface area contributed by atoms with E-state index in [1.54, 1.807) is 6.07 Å². The molecule has 0 fully saturated rings. The van der Waals surface area contributed by atoms with Crippen molar-refractivity contribution in [3.63, 3.8) is 0 Å². The first-order valence-electron chi connectivity index (χ1n) is 6.41. The highest BCUT2D eigenvalue weighted by molar-refractivity contribution is 9.10. The largest absolute Gasteiger partial charge is 0.342 e.